The van der Waals surface area contributed by atoms with Crippen molar-refractivity contribution < 1.29 is 22.7 Å². The molecule has 0 aromatic heterocycles. The lowest BCUT2D eigenvalue weighted by atomic mass is 9.80. The summed E-state index contributed by atoms with van der Waals surface area (Å²) in [6.45, 7) is 2.82. The van der Waals surface area contributed by atoms with Crippen LogP contribution in [0.2, 0.25) is 0 Å². The van der Waals surface area contributed by atoms with Crippen LogP contribution in [0.25, 0.3) is 0 Å². The number of urea groups is 1. The largest absolute Gasteiger partial charge is 0.401 e. The average Bonchev–Trinajstić information content (AvgIpc) is 2.86. The SMILES string of the molecule is CN(CCCNC(=O)N1CCC2(CCOCC2)C1)CC(F)(F)F. The quantitative estimate of drug-likeness (QED) is 0.782. The summed E-state index contributed by atoms with van der Waals surface area (Å²) in [5.41, 5.74) is 0.211. The zero-order valence-corrected chi connectivity index (χ0v) is 13.6. The Morgan fingerprint density at radius 1 is 1.30 bits per heavy atom. The maximum Gasteiger partial charge on any atom is 0.401 e. The number of nitrogens with one attached hydrogen (secondary N) is 1. The van der Waals surface area contributed by atoms with Crippen LogP contribution in [0.3, 0.4) is 0 Å². The smallest absolute Gasteiger partial charge is 0.381 e. The molecule has 0 unspecified atom stereocenters. The molecule has 0 radical (unpaired) electrons. The first-order chi connectivity index (χ1) is 10.8. The highest BCUT2D eigenvalue weighted by Crippen LogP contribution is 2.39. The minimum absolute atomic E-state index is 0.105. The van der Waals surface area contributed by atoms with Gasteiger partial charge in [-0.1, -0.05) is 0 Å². The van der Waals surface area contributed by atoms with Gasteiger partial charge in [-0.05, 0) is 44.7 Å². The van der Waals surface area contributed by atoms with Crippen LogP contribution in [0.5, 0.6) is 0 Å². The van der Waals surface area contributed by atoms with Gasteiger partial charge in [-0.3, -0.25) is 4.90 Å². The minimum Gasteiger partial charge on any atom is -0.381 e. The molecule has 2 aliphatic rings. The Hall–Kier alpha value is -1.02. The van der Waals surface area contributed by atoms with Crippen LogP contribution in [0.1, 0.15) is 25.7 Å². The van der Waals surface area contributed by atoms with Gasteiger partial charge < -0.3 is 15.0 Å². The molecule has 0 atom stereocenters. The van der Waals surface area contributed by atoms with Crippen LogP contribution < -0.4 is 5.32 Å². The lowest BCUT2D eigenvalue weighted by molar-refractivity contribution is -0.143. The molecule has 0 aliphatic carbocycles. The van der Waals surface area contributed by atoms with Crippen molar-refractivity contribution in [3.05, 3.63) is 0 Å². The fraction of sp³-hybridized carbons (Fsp3) is 0.933. The van der Waals surface area contributed by atoms with Gasteiger partial charge in [0.2, 0.25) is 0 Å². The van der Waals surface area contributed by atoms with E-state index in [0.29, 0.717) is 19.5 Å². The van der Waals surface area contributed by atoms with Crippen molar-refractivity contribution in [3.63, 3.8) is 0 Å². The molecular weight excluding hydrogens is 311 g/mol. The molecule has 0 saturated carbocycles. The zero-order valence-electron chi connectivity index (χ0n) is 13.6. The molecular formula is C15H26F3N3O2. The minimum atomic E-state index is -4.18. The van der Waals surface area contributed by atoms with E-state index in [0.717, 1.165) is 45.6 Å². The van der Waals surface area contributed by atoms with Crippen molar-refractivity contribution >= 4 is 6.03 Å². The van der Waals surface area contributed by atoms with E-state index in [4.69, 9.17) is 4.74 Å². The summed E-state index contributed by atoms with van der Waals surface area (Å²) >= 11 is 0. The second-order valence-electron chi connectivity index (χ2n) is 6.72. The maximum absolute atomic E-state index is 12.2. The number of halogens is 3. The normalized spacial score (nSPS) is 21.2. The number of nitrogens with zero attached hydrogens (tertiary/aromatic N) is 2. The number of hydrogen-bond donors (Lipinski definition) is 1. The molecule has 0 aromatic carbocycles. The van der Waals surface area contributed by atoms with Gasteiger partial charge in [0.1, 0.15) is 0 Å². The highest BCUT2D eigenvalue weighted by molar-refractivity contribution is 5.74. The number of rotatable bonds is 5. The van der Waals surface area contributed by atoms with E-state index in [1.54, 1.807) is 0 Å². The molecule has 23 heavy (non-hydrogen) atoms. The van der Waals surface area contributed by atoms with E-state index >= 15 is 0 Å². The number of hydrogen-bond acceptors (Lipinski definition) is 3. The summed E-state index contributed by atoms with van der Waals surface area (Å²) in [4.78, 5) is 15.2. The monoisotopic (exact) mass is 337 g/mol. The van der Waals surface area contributed by atoms with Crippen molar-refractivity contribution in [1.82, 2.24) is 15.1 Å². The average molecular weight is 337 g/mol. The van der Waals surface area contributed by atoms with E-state index in [1.807, 2.05) is 4.90 Å². The maximum atomic E-state index is 12.2. The summed E-state index contributed by atoms with van der Waals surface area (Å²) < 4.78 is 42.0. The van der Waals surface area contributed by atoms with Crippen molar-refractivity contribution in [2.24, 2.45) is 5.41 Å². The van der Waals surface area contributed by atoms with Crippen LogP contribution in [0.4, 0.5) is 18.0 Å². The van der Waals surface area contributed by atoms with Gasteiger partial charge in [-0.25, -0.2) is 4.79 Å². The number of alkyl halides is 3. The summed E-state index contributed by atoms with van der Waals surface area (Å²) in [5, 5.41) is 2.81. The van der Waals surface area contributed by atoms with Gasteiger partial charge in [-0.15, -0.1) is 0 Å². The number of carbonyl (C=O) groups is 1. The first-order valence-electron chi connectivity index (χ1n) is 8.16. The third-order valence-corrected chi connectivity index (χ3v) is 4.72. The molecule has 0 aromatic rings. The standard InChI is InChI=1S/C15H26F3N3O2/c1-20(12-15(16,17)18)7-2-6-19-13(22)21-8-3-14(11-21)4-9-23-10-5-14/h2-12H2,1H3,(H,19,22). The Kier molecular flexibility index (Phi) is 6.13. The fourth-order valence-corrected chi connectivity index (χ4v) is 3.36. The molecule has 2 fully saturated rings. The topological polar surface area (TPSA) is 44.8 Å². The number of carbonyl (C=O) groups excluding carboxylic acids is 1. The van der Waals surface area contributed by atoms with Crippen molar-refractivity contribution in [2.75, 3.05) is 53.0 Å². The summed E-state index contributed by atoms with van der Waals surface area (Å²) in [5.74, 6) is 0. The third kappa shape index (κ3) is 5.84. The molecule has 1 spiro atoms. The Morgan fingerprint density at radius 3 is 2.65 bits per heavy atom. The Morgan fingerprint density at radius 2 is 2.00 bits per heavy atom. The van der Waals surface area contributed by atoms with Crippen molar-refractivity contribution in [2.45, 2.75) is 31.9 Å². The molecule has 2 rings (SSSR count). The second-order valence-corrected chi connectivity index (χ2v) is 6.72. The highest BCUT2D eigenvalue weighted by atomic mass is 19.4. The zero-order chi connectivity index (χ0) is 16.9. The van der Waals surface area contributed by atoms with E-state index in [2.05, 4.69) is 5.32 Å². The highest BCUT2D eigenvalue weighted by Gasteiger charge is 2.40. The molecule has 1 N–H and O–H groups in total. The van der Waals surface area contributed by atoms with Crippen LogP contribution >= 0.6 is 0 Å². The first kappa shape index (κ1) is 18.3. The molecule has 2 heterocycles. The van der Waals surface area contributed by atoms with E-state index < -0.39 is 12.7 Å². The predicted molar refractivity (Wildman–Crippen MR) is 80.2 cm³/mol. The number of amides is 2. The molecule has 0 bridgehead atoms. The van der Waals surface area contributed by atoms with Gasteiger partial charge >= 0.3 is 12.2 Å². The molecule has 134 valence electrons. The van der Waals surface area contributed by atoms with Gasteiger partial charge in [0, 0.05) is 32.8 Å². The van der Waals surface area contributed by atoms with E-state index in [-0.39, 0.29) is 11.4 Å². The molecule has 2 amide bonds. The fourth-order valence-electron chi connectivity index (χ4n) is 3.36. The summed E-state index contributed by atoms with van der Waals surface area (Å²) in [7, 11) is 1.44. The summed E-state index contributed by atoms with van der Waals surface area (Å²) in [6.07, 6.45) is -0.660. The lowest BCUT2D eigenvalue weighted by Crippen LogP contribution is -2.42. The third-order valence-electron chi connectivity index (χ3n) is 4.72. The number of likely N-dealkylation sites (tertiary alicyclic amines) is 1. The van der Waals surface area contributed by atoms with Crippen LogP contribution in [-0.2, 0) is 4.74 Å². The van der Waals surface area contributed by atoms with Gasteiger partial charge in [0.05, 0.1) is 6.54 Å². The Balaban J connectivity index is 1.62. The van der Waals surface area contributed by atoms with Crippen LogP contribution in [0, 0.1) is 5.41 Å². The summed E-state index contributed by atoms with van der Waals surface area (Å²) in [6, 6.07) is -0.105. The predicted octanol–water partition coefficient (Wildman–Crippen LogP) is 2.08. The molecule has 2 aliphatic heterocycles. The van der Waals surface area contributed by atoms with E-state index in [1.165, 1.54) is 11.9 Å². The van der Waals surface area contributed by atoms with Gasteiger partial charge in [0.25, 0.3) is 0 Å². The molecule has 5 nitrogen and oxygen atoms in total. The van der Waals surface area contributed by atoms with E-state index in [9.17, 15) is 18.0 Å². The molecule has 2 saturated heterocycles. The van der Waals surface area contributed by atoms with Gasteiger partial charge in [0.15, 0.2) is 0 Å². The van der Waals surface area contributed by atoms with Gasteiger partial charge in [-0.2, -0.15) is 13.2 Å². The Bertz CT molecular complexity index is 398. The second kappa shape index (κ2) is 7.70. The van der Waals surface area contributed by atoms with Crippen LogP contribution in [-0.4, -0.2) is 75.0 Å². The van der Waals surface area contributed by atoms with Crippen molar-refractivity contribution in [1.29, 1.82) is 0 Å². The number of ether oxygens (including phenoxy) is 1. The Labute approximate surface area is 135 Å². The molecule has 8 heteroatoms. The van der Waals surface area contributed by atoms with Crippen molar-refractivity contribution in [3.8, 4) is 0 Å². The first-order valence-corrected chi connectivity index (χ1v) is 8.16. The lowest BCUT2D eigenvalue weighted by Gasteiger charge is -2.33. The van der Waals surface area contributed by atoms with Crippen LogP contribution in [0.15, 0.2) is 0 Å².